The number of piperidine rings is 1. The number of H-pyrrole nitrogens is 1. The number of amides is 2. The van der Waals surface area contributed by atoms with E-state index in [0.717, 1.165) is 6.42 Å². The fraction of sp³-hybridized carbons (Fsp3) is 0.304. The molecule has 1 aromatic carbocycles. The maximum Gasteiger partial charge on any atom is 0.271 e. The van der Waals surface area contributed by atoms with Crippen LogP contribution >= 0.6 is 0 Å². The van der Waals surface area contributed by atoms with E-state index >= 15 is 0 Å². The molecule has 9 nitrogen and oxygen atoms in total. The number of ether oxygens (including phenoxy) is 2. The number of carbonyl (C=O) groups is 2. The SMILES string of the molecule is COc1cc(NC(=O)C2CCCN(C(=O)c3cc(-c4ccccn4)n[nH]3)C2)cc(OC)c1. The van der Waals surface area contributed by atoms with Crippen molar-refractivity contribution >= 4 is 17.5 Å². The van der Waals surface area contributed by atoms with E-state index < -0.39 is 0 Å². The van der Waals surface area contributed by atoms with Gasteiger partial charge in [-0.05, 0) is 31.0 Å². The van der Waals surface area contributed by atoms with Crippen molar-refractivity contribution in [2.45, 2.75) is 12.8 Å². The van der Waals surface area contributed by atoms with Gasteiger partial charge in [0, 0.05) is 43.2 Å². The number of aromatic amines is 1. The molecular formula is C23H25N5O4. The molecule has 1 aliphatic rings. The normalized spacial score (nSPS) is 15.8. The van der Waals surface area contributed by atoms with Crippen molar-refractivity contribution in [3.05, 3.63) is 54.4 Å². The molecule has 3 aromatic rings. The van der Waals surface area contributed by atoms with Crippen molar-refractivity contribution in [2.24, 2.45) is 5.92 Å². The predicted molar refractivity (Wildman–Crippen MR) is 119 cm³/mol. The number of likely N-dealkylation sites (tertiary alicyclic amines) is 1. The Bertz CT molecular complexity index is 1080. The molecule has 2 aromatic heterocycles. The van der Waals surface area contributed by atoms with Gasteiger partial charge in [0.05, 0.1) is 25.8 Å². The molecule has 9 heteroatoms. The lowest BCUT2D eigenvalue weighted by Gasteiger charge is -2.31. The second kappa shape index (κ2) is 9.51. The standard InChI is InChI=1S/C23H25N5O4/c1-31-17-10-16(11-18(12-17)32-2)25-22(29)15-6-5-9-28(14-15)23(30)21-13-20(26-27-21)19-7-3-4-8-24-19/h3-4,7-8,10-13,15H,5-6,9,14H2,1-2H3,(H,25,29)(H,26,27). The summed E-state index contributed by atoms with van der Waals surface area (Å²) < 4.78 is 10.5. The minimum atomic E-state index is -0.317. The summed E-state index contributed by atoms with van der Waals surface area (Å²) in [4.78, 5) is 31.9. The zero-order chi connectivity index (χ0) is 22.5. The monoisotopic (exact) mass is 435 g/mol. The van der Waals surface area contributed by atoms with Crippen LogP contribution in [0.4, 0.5) is 5.69 Å². The number of rotatable bonds is 6. The quantitative estimate of drug-likeness (QED) is 0.616. The number of carbonyl (C=O) groups excluding carboxylic acids is 2. The predicted octanol–water partition coefficient (Wildman–Crippen LogP) is 2.98. The van der Waals surface area contributed by atoms with Crippen molar-refractivity contribution in [3.63, 3.8) is 0 Å². The molecule has 1 unspecified atom stereocenters. The number of aromatic nitrogens is 3. The van der Waals surface area contributed by atoms with Gasteiger partial charge in [0.2, 0.25) is 5.91 Å². The van der Waals surface area contributed by atoms with Gasteiger partial charge in [-0.1, -0.05) is 6.07 Å². The van der Waals surface area contributed by atoms with Gasteiger partial charge in [-0.2, -0.15) is 5.10 Å². The summed E-state index contributed by atoms with van der Waals surface area (Å²) in [7, 11) is 3.11. The molecule has 1 fully saturated rings. The second-order valence-corrected chi connectivity index (χ2v) is 7.56. The molecule has 32 heavy (non-hydrogen) atoms. The van der Waals surface area contributed by atoms with Crippen molar-refractivity contribution in [1.29, 1.82) is 0 Å². The Balaban J connectivity index is 1.42. The molecule has 1 aliphatic heterocycles. The van der Waals surface area contributed by atoms with Gasteiger partial charge in [-0.25, -0.2) is 0 Å². The van der Waals surface area contributed by atoms with Gasteiger partial charge >= 0.3 is 0 Å². The lowest BCUT2D eigenvalue weighted by Crippen LogP contribution is -2.43. The van der Waals surface area contributed by atoms with Crippen LogP contribution in [0, 0.1) is 5.92 Å². The first-order chi connectivity index (χ1) is 15.6. The summed E-state index contributed by atoms with van der Waals surface area (Å²) in [5.74, 6) is 0.533. The first-order valence-corrected chi connectivity index (χ1v) is 10.4. The van der Waals surface area contributed by atoms with Gasteiger partial charge in [-0.15, -0.1) is 0 Å². The van der Waals surface area contributed by atoms with Gasteiger partial charge in [-0.3, -0.25) is 19.7 Å². The molecule has 4 rings (SSSR count). The molecule has 0 spiro atoms. The highest BCUT2D eigenvalue weighted by Crippen LogP contribution is 2.27. The molecule has 0 bridgehead atoms. The number of nitrogens with zero attached hydrogens (tertiary/aromatic N) is 3. The van der Waals surface area contributed by atoms with Crippen LogP contribution in [0.15, 0.2) is 48.7 Å². The Morgan fingerprint density at radius 2 is 1.88 bits per heavy atom. The lowest BCUT2D eigenvalue weighted by atomic mass is 9.96. The summed E-state index contributed by atoms with van der Waals surface area (Å²) in [5.41, 5.74) is 2.26. The average Bonchev–Trinajstić information content (AvgIpc) is 3.34. The third-order valence-corrected chi connectivity index (χ3v) is 5.43. The van der Waals surface area contributed by atoms with E-state index in [-0.39, 0.29) is 17.7 Å². The minimum Gasteiger partial charge on any atom is -0.497 e. The number of pyridine rings is 1. The highest BCUT2D eigenvalue weighted by Gasteiger charge is 2.30. The summed E-state index contributed by atoms with van der Waals surface area (Å²) in [6, 6.07) is 12.4. The van der Waals surface area contributed by atoms with Crippen LogP contribution in [0.2, 0.25) is 0 Å². The number of anilines is 1. The molecule has 3 heterocycles. The first-order valence-electron chi connectivity index (χ1n) is 10.4. The van der Waals surface area contributed by atoms with E-state index in [1.807, 2.05) is 18.2 Å². The van der Waals surface area contributed by atoms with E-state index in [1.165, 1.54) is 0 Å². The Hall–Kier alpha value is -3.88. The second-order valence-electron chi connectivity index (χ2n) is 7.56. The van der Waals surface area contributed by atoms with Gasteiger partial charge in [0.1, 0.15) is 22.9 Å². The third-order valence-electron chi connectivity index (χ3n) is 5.43. The molecule has 0 radical (unpaired) electrons. The van der Waals surface area contributed by atoms with Gasteiger partial charge in [0.15, 0.2) is 0 Å². The fourth-order valence-corrected chi connectivity index (χ4v) is 3.75. The number of hydrogen-bond donors (Lipinski definition) is 2. The summed E-state index contributed by atoms with van der Waals surface area (Å²) in [5, 5.41) is 9.93. The van der Waals surface area contributed by atoms with E-state index in [1.54, 1.807) is 49.6 Å². The van der Waals surface area contributed by atoms with Crippen molar-refractivity contribution in [2.75, 3.05) is 32.6 Å². The Labute approximate surface area is 185 Å². The smallest absolute Gasteiger partial charge is 0.271 e. The molecule has 1 atom stereocenters. The van der Waals surface area contributed by atoms with Crippen LogP contribution in [-0.4, -0.2) is 59.2 Å². The Morgan fingerprint density at radius 3 is 2.56 bits per heavy atom. The van der Waals surface area contributed by atoms with E-state index in [4.69, 9.17) is 9.47 Å². The zero-order valence-corrected chi connectivity index (χ0v) is 18.0. The number of benzene rings is 1. The maximum atomic E-state index is 13.0. The summed E-state index contributed by atoms with van der Waals surface area (Å²) >= 11 is 0. The molecular weight excluding hydrogens is 410 g/mol. The van der Waals surface area contributed by atoms with E-state index in [2.05, 4.69) is 20.5 Å². The molecule has 1 saturated heterocycles. The Morgan fingerprint density at radius 1 is 1.09 bits per heavy atom. The number of hydrogen-bond acceptors (Lipinski definition) is 6. The lowest BCUT2D eigenvalue weighted by molar-refractivity contribution is -0.121. The van der Waals surface area contributed by atoms with Crippen LogP contribution in [0.3, 0.4) is 0 Å². The summed E-state index contributed by atoms with van der Waals surface area (Å²) in [6.07, 6.45) is 3.13. The highest BCUT2D eigenvalue weighted by molar-refractivity contribution is 5.96. The van der Waals surface area contributed by atoms with Gasteiger partial charge < -0.3 is 19.7 Å². The van der Waals surface area contributed by atoms with Crippen molar-refractivity contribution in [3.8, 4) is 22.9 Å². The zero-order valence-electron chi connectivity index (χ0n) is 18.0. The van der Waals surface area contributed by atoms with Crippen LogP contribution in [-0.2, 0) is 4.79 Å². The molecule has 2 N–H and O–H groups in total. The Kier molecular flexibility index (Phi) is 6.34. The molecule has 0 saturated carbocycles. The highest BCUT2D eigenvalue weighted by atomic mass is 16.5. The first kappa shape index (κ1) is 21.4. The van der Waals surface area contributed by atoms with E-state index in [0.29, 0.717) is 53.8 Å². The van der Waals surface area contributed by atoms with Gasteiger partial charge in [0.25, 0.3) is 5.91 Å². The molecule has 0 aliphatic carbocycles. The molecule has 166 valence electrons. The van der Waals surface area contributed by atoms with Crippen LogP contribution in [0.5, 0.6) is 11.5 Å². The molecule has 2 amide bonds. The van der Waals surface area contributed by atoms with Crippen LogP contribution < -0.4 is 14.8 Å². The summed E-state index contributed by atoms with van der Waals surface area (Å²) in [6.45, 7) is 0.928. The maximum absolute atomic E-state index is 13.0. The van der Waals surface area contributed by atoms with Crippen LogP contribution in [0.1, 0.15) is 23.3 Å². The number of nitrogens with one attached hydrogen (secondary N) is 2. The number of methoxy groups -OCH3 is 2. The third kappa shape index (κ3) is 4.72. The largest absolute Gasteiger partial charge is 0.497 e. The van der Waals surface area contributed by atoms with Crippen molar-refractivity contribution < 1.29 is 19.1 Å². The average molecular weight is 435 g/mol. The van der Waals surface area contributed by atoms with Crippen molar-refractivity contribution in [1.82, 2.24) is 20.1 Å². The topological polar surface area (TPSA) is 109 Å². The fourth-order valence-electron chi connectivity index (χ4n) is 3.75. The minimum absolute atomic E-state index is 0.142. The van der Waals surface area contributed by atoms with Crippen LogP contribution in [0.25, 0.3) is 11.4 Å². The van der Waals surface area contributed by atoms with E-state index in [9.17, 15) is 9.59 Å².